The van der Waals surface area contributed by atoms with Gasteiger partial charge in [0.1, 0.15) is 0 Å². The maximum absolute atomic E-state index is 10.8. The molecule has 0 spiro atoms. The third-order valence-corrected chi connectivity index (χ3v) is 3.78. The average molecular weight is 281 g/mol. The van der Waals surface area contributed by atoms with E-state index in [4.69, 9.17) is 19.8 Å². The van der Waals surface area contributed by atoms with E-state index in [-0.39, 0.29) is 9.37 Å². The number of nitro groups is 1. The van der Waals surface area contributed by atoms with E-state index in [0.29, 0.717) is 0 Å². The molecule has 0 radical (unpaired) electrons. The number of rotatable bonds is 2. The molecular formula is C6H5AsClNO5. The van der Waals surface area contributed by atoms with Crippen molar-refractivity contribution in [3.63, 3.8) is 0 Å². The molecule has 0 saturated carbocycles. The van der Waals surface area contributed by atoms with Crippen molar-refractivity contribution in [3.05, 3.63) is 33.3 Å². The molecular weight excluding hydrogens is 276 g/mol. The molecule has 0 aliphatic carbocycles. The maximum atomic E-state index is 10.8. The predicted molar refractivity (Wildman–Crippen MR) is 48.6 cm³/mol. The zero-order valence-electron chi connectivity index (χ0n) is 6.62. The van der Waals surface area contributed by atoms with Gasteiger partial charge in [-0.25, -0.2) is 0 Å². The molecule has 1 aromatic carbocycles. The Kier molecular flexibility index (Phi) is 3.01. The van der Waals surface area contributed by atoms with Crippen LogP contribution in [0.15, 0.2) is 18.2 Å². The van der Waals surface area contributed by atoms with Crippen molar-refractivity contribution >= 4 is 35.8 Å². The Bertz CT molecular complexity index is 428. The monoisotopic (exact) mass is 281 g/mol. The van der Waals surface area contributed by atoms with Gasteiger partial charge in [-0.05, 0) is 0 Å². The molecule has 0 aliphatic rings. The molecule has 0 atom stereocenters. The molecule has 0 fully saturated rings. The number of nitrogens with zero attached hydrogens (tertiary/aromatic N) is 1. The Labute approximate surface area is 86.3 Å². The molecule has 76 valence electrons. The third-order valence-electron chi connectivity index (χ3n) is 1.46. The summed E-state index contributed by atoms with van der Waals surface area (Å²) in [7, 11) is 0. The molecule has 0 saturated heterocycles. The molecule has 14 heavy (non-hydrogen) atoms. The van der Waals surface area contributed by atoms with Crippen LogP contribution in [0.2, 0.25) is 5.02 Å². The van der Waals surface area contributed by atoms with Gasteiger partial charge in [0.2, 0.25) is 0 Å². The summed E-state index contributed by atoms with van der Waals surface area (Å²) in [6.45, 7) is 0. The van der Waals surface area contributed by atoms with E-state index in [1.54, 1.807) is 0 Å². The van der Waals surface area contributed by atoms with Gasteiger partial charge in [0.05, 0.1) is 0 Å². The van der Waals surface area contributed by atoms with Crippen LogP contribution in [0.1, 0.15) is 0 Å². The van der Waals surface area contributed by atoms with Crippen LogP contribution in [0.4, 0.5) is 5.69 Å². The Hall–Kier alpha value is -0.812. The third kappa shape index (κ3) is 2.36. The number of halogens is 1. The molecule has 8 heteroatoms. The Morgan fingerprint density at radius 1 is 1.43 bits per heavy atom. The van der Waals surface area contributed by atoms with Crippen LogP contribution < -0.4 is 4.35 Å². The van der Waals surface area contributed by atoms with Gasteiger partial charge < -0.3 is 0 Å². The van der Waals surface area contributed by atoms with Crippen molar-refractivity contribution in [1.29, 1.82) is 0 Å². The first-order chi connectivity index (χ1) is 6.32. The van der Waals surface area contributed by atoms with Crippen LogP contribution in [0.25, 0.3) is 0 Å². The number of nitro benzene ring substituents is 1. The van der Waals surface area contributed by atoms with E-state index in [1.165, 1.54) is 0 Å². The van der Waals surface area contributed by atoms with Crippen molar-refractivity contribution in [2.75, 3.05) is 0 Å². The Morgan fingerprint density at radius 3 is 2.43 bits per heavy atom. The normalized spacial score (nSPS) is 11.4. The second-order valence-electron chi connectivity index (χ2n) is 2.44. The molecule has 0 aromatic heterocycles. The molecule has 1 aromatic rings. The molecule has 0 heterocycles. The van der Waals surface area contributed by atoms with Gasteiger partial charge in [-0.3, -0.25) is 0 Å². The van der Waals surface area contributed by atoms with E-state index in [9.17, 15) is 13.9 Å². The molecule has 0 bridgehead atoms. The van der Waals surface area contributed by atoms with Crippen molar-refractivity contribution in [2.45, 2.75) is 0 Å². The van der Waals surface area contributed by atoms with Gasteiger partial charge in [-0.1, -0.05) is 0 Å². The van der Waals surface area contributed by atoms with E-state index >= 15 is 0 Å². The summed E-state index contributed by atoms with van der Waals surface area (Å²) < 4.78 is 28.0. The molecule has 0 aliphatic heterocycles. The van der Waals surface area contributed by atoms with Crippen LogP contribution in [-0.4, -0.2) is 27.3 Å². The fourth-order valence-corrected chi connectivity index (χ4v) is 2.18. The van der Waals surface area contributed by atoms with Gasteiger partial charge >= 0.3 is 86.0 Å². The fourth-order valence-electron chi connectivity index (χ4n) is 0.822. The van der Waals surface area contributed by atoms with E-state index in [1.807, 2.05) is 0 Å². The Morgan fingerprint density at radius 2 is 2.00 bits per heavy atom. The second kappa shape index (κ2) is 3.74. The first kappa shape index (κ1) is 11.3. The van der Waals surface area contributed by atoms with Crippen LogP contribution in [0, 0.1) is 10.1 Å². The summed E-state index contributed by atoms with van der Waals surface area (Å²) in [4.78, 5) is 9.58. The van der Waals surface area contributed by atoms with Gasteiger partial charge in [-0.2, -0.15) is 0 Å². The minimum absolute atomic E-state index is 0.150. The van der Waals surface area contributed by atoms with Crippen LogP contribution in [0.5, 0.6) is 0 Å². The molecule has 1 rings (SSSR count). The second-order valence-corrected chi connectivity index (χ2v) is 6.21. The van der Waals surface area contributed by atoms with E-state index in [2.05, 4.69) is 0 Å². The van der Waals surface area contributed by atoms with E-state index in [0.717, 1.165) is 18.2 Å². The number of hydrogen-bond donors (Lipinski definition) is 2. The minimum atomic E-state index is -5.08. The summed E-state index contributed by atoms with van der Waals surface area (Å²) in [6, 6.07) is 2.97. The van der Waals surface area contributed by atoms with E-state index < -0.39 is 24.8 Å². The Balaban J connectivity index is 3.34. The molecule has 0 unspecified atom stereocenters. The predicted octanol–water partition coefficient (Wildman–Crippen LogP) is -0.191. The van der Waals surface area contributed by atoms with Crippen molar-refractivity contribution < 1.29 is 16.9 Å². The number of benzene rings is 1. The molecule has 2 N–H and O–H groups in total. The molecule has 0 amide bonds. The SMILES string of the molecule is O=[N+]([O-])c1cc([As](=O)(O)O)ccc1Cl. The first-order valence-electron chi connectivity index (χ1n) is 3.32. The van der Waals surface area contributed by atoms with Gasteiger partial charge in [0.25, 0.3) is 0 Å². The van der Waals surface area contributed by atoms with Gasteiger partial charge in [0.15, 0.2) is 0 Å². The van der Waals surface area contributed by atoms with Gasteiger partial charge in [-0.15, -0.1) is 0 Å². The quantitative estimate of drug-likeness (QED) is 0.444. The van der Waals surface area contributed by atoms with Crippen LogP contribution in [-0.2, 0) is 3.74 Å². The first-order valence-corrected chi connectivity index (χ1v) is 7.08. The van der Waals surface area contributed by atoms with Crippen molar-refractivity contribution in [3.8, 4) is 0 Å². The van der Waals surface area contributed by atoms with Crippen LogP contribution in [0.3, 0.4) is 0 Å². The summed E-state index contributed by atoms with van der Waals surface area (Å²) >= 11 is 0.376. The zero-order valence-corrected chi connectivity index (χ0v) is 9.26. The summed E-state index contributed by atoms with van der Waals surface area (Å²) in [5, 5.41) is 10.2. The van der Waals surface area contributed by atoms with Crippen LogP contribution >= 0.6 is 11.6 Å². The summed E-state index contributed by atoms with van der Waals surface area (Å²) in [5.41, 5.74) is -0.506. The van der Waals surface area contributed by atoms with Gasteiger partial charge in [0, 0.05) is 0 Å². The average Bonchev–Trinajstić information content (AvgIpc) is 2.02. The summed E-state index contributed by atoms with van der Waals surface area (Å²) in [6.07, 6.45) is 0. The topological polar surface area (TPSA) is 101 Å². The van der Waals surface area contributed by atoms with Crippen molar-refractivity contribution in [2.24, 2.45) is 0 Å². The summed E-state index contributed by atoms with van der Waals surface area (Å²) in [5.74, 6) is 0. The molecule has 6 nitrogen and oxygen atoms in total. The fraction of sp³-hybridized carbons (Fsp3) is 0. The van der Waals surface area contributed by atoms with Crippen molar-refractivity contribution in [1.82, 2.24) is 0 Å². The standard InChI is InChI=1S/C6H5AsClNO5/c8-5-2-1-4(7(10,11)12)3-6(5)9(13)14/h1-3H,(H2,10,11,12). The zero-order chi connectivity index (χ0) is 10.9. The number of hydrogen-bond acceptors (Lipinski definition) is 3.